The number of nitrogens with one attached hydrogen (secondary N) is 2. The largest absolute Gasteiger partial charge is 0.417 e. The number of hydrogen-bond donors (Lipinski definition) is 3. The highest BCUT2D eigenvalue weighted by atomic mass is 35.5. The highest BCUT2D eigenvalue weighted by Gasteiger charge is 2.31. The van der Waals surface area contributed by atoms with E-state index < -0.39 is 11.7 Å². The van der Waals surface area contributed by atoms with Gasteiger partial charge < -0.3 is 16.4 Å². The number of pyridine rings is 1. The molecule has 0 saturated carbocycles. The first-order valence-corrected chi connectivity index (χ1v) is 8.47. The normalized spacial score (nSPS) is 11.4. The number of nitrogens with zero attached hydrogens (tertiary/aromatic N) is 3. The van der Waals surface area contributed by atoms with Gasteiger partial charge in [0.15, 0.2) is 11.6 Å². The smallest absolute Gasteiger partial charge is 0.393 e. The molecule has 3 rings (SSSR count). The minimum absolute atomic E-state index is 0.00239. The van der Waals surface area contributed by atoms with Gasteiger partial charge in [-0.25, -0.2) is 15.0 Å². The van der Waals surface area contributed by atoms with Crippen molar-refractivity contribution in [3.63, 3.8) is 0 Å². The molecular weight excluding hydrogens is 393 g/mol. The number of aromatic nitrogens is 3. The number of hydrogen-bond acceptors (Lipinski definition) is 6. The van der Waals surface area contributed by atoms with Gasteiger partial charge in [-0.3, -0.25) is 0 Å². The average Bonchev–Trinajstić information content (AvgIpc) is 2.58. The SMILES string of the molecule is Cc1cc(C)cc(Nc2ncnc(Nc3ncc(C(F)(F)F)cc3Cl)c2N)c1. The van der Waals surface area contributed by atoms with E-state index in [4.69, 9.17) is 17.3 Å². The summed E-state index contributed by atoms with van der Waals surface area (Å²) in [5.74, 6) is 0.499. The fourth-order valence-corrected chi connectivity index (χ4v) is 2.79. The highest BCUT2D eigenvalue weighted by molar-refractivity contribution is 6.33. The van der Waals surface area contributed by atoms with Gasteiger partial charge in [0, 0.05) is 11.9 Å². The Hall–Kier alpha value is -3.07. The second kappa shape index (κ2) is 7.51. The van der Waals surface area contributed by atoms with Crippen LogP contribution in [0, 0.1) is 13.8 Å². The third-order valence-electron chi connectivity index (χ3n) is 3.77. The van der Waals surface area contributed by atoms with E-state index in [9.17, 15) is 13.2 Å². The van der Waals surface area contributed by atoms with Crippen molar-refractivity contribution >= 4 is 40.4 Å². The van der Waals surface area contributed by atoms with E-state index in [0.717, 1.165) is 22.9 Å². The third kappa shape index (κ3) is 4.42. The molecule has 0 atom stereocenters. The van der Waals surface area contributed by atoms with E-state index >= 15 is 0 Å². The number of rotatable bonds is 4. The number of nitrogens with two attached hydrogens (primary N) is 1. The lowest BCUT2D eigenvalue weighted by Crippen LogP contribution is -2.08. The van der Waals surface area contributed by atoms with Gasteiger partial charge >= 0.3 is 6.18 Å². The van der Waals surface area contributed by atoms with Gasteiger partial charge in [-0.2, -0.15) is 13.2 Å². The van der Waals surface area contributed by atoms with Gasteiger partial charge in [-0.05, 0) is 43.2 Å². The zero-order valence-corrected chi connectivity index (χ0v) is 15.7. The van der Waals surface area contributed by atoms with Crippen LogP contribution in [0.15, 0.2) is 36.8 Å². The summed E-state index contributed by atoms with van der Waals surface area (Å²) in [5.41, 5.74) is 8.24. The van der Waals surface area contributed by atoms with Gasteiger partial charge in [0.05, 0.1) is 10.6 Å². The number of benzene rings is 1. The molecule has 0 spiro atoms. The minimum atomic E-state index is -4.54. The summed E-state index contributed by atoms with van der Waals surface area (Å²) in [5, 5.41) is 5.64. The van der Waals surface area contributed by atoms with Crippen molar-refractivity contribution < 1.29 is 13.2 Å². The number of aryl methyl sites for hydroxylation is 2. The molecule has 1 aromatic carbocycles. The zero-order valence-electron chi connectivity index (χ0n) is 14.9. The first-order valence-electron chi connectivity index (χ1n) is 8.09. The molecule has 0 radical (unpaired) electrons. The molecule has 2 aromatic heterocycles. The summed E-state index contributed by atoms with van der Waals surface area (Å²) >= 11 is 5.92. The van der Waals surface area contributed by atoms with Crippen LogP contribution in [0.3, 0.4) is 0 Å². The van der Waals surface area contributed by atoms with Crippen molar-refractivity contribution in [3.8, 4) is 0 Å². The molecule has 28 heavy (non-hydrogen) atoms. The van der Waals surface area contributed by atoms with Crippen LogP contribution in [-0.2, 0) is 6.18 Å². The van der Waals surface area contributed by atoms with Crippen LogP contribution in [0.25, 0.3) is 0 Å². The van der Waals surface area contributed by atoms with E-state index in [2.05, 4.69) is 25.6 Å². The molecule has 6 nitrogen and oxygen atoms in total. The summed E-state index contributed by atoms with van der Waals surface area (Å²) in [6, 6.07) is 6.66. The molecule has 0 unspecified atom stereocenters. The predicted molar refractivity (Wildman–Crippen MR) is 103 cm³/mol. The predicted octanol–water partition coefficient (Wildman–Crippen LogP) is 5.23. The summed E-state index contributed by atoms with van der Waals surface area (Å²) in [7, 11) is 0. The van der Waals surface area contributed by atoms with Gasteiger partial charge in [-0.1, -0.05) is 17.7 Å². The van der Waals surface area contributed by atoms with Crippen molar-refractivity contribution in [2.24, 2.45) is 0 Å². The number of halogens is 4. The lowest BCUT2D eigenvalue weighted by Gasteiger charge is -2.14. The summed E-state index contributed by atoms with van der Waals surface area (Å²) in [4.78, 5) is 11.8. The van der Waals surface area contributed by atoms with Crippen LogP contribution in [0.4, 0.5) is 42.0 Å². The molecule has 0 aliphatic heterocycles. The maximum absolute atomic E-state index is 12.7. The first-order chi connectivity index (χ1) is 13.1. The summed E-state index contributed by atoms with van der Waals surface area (Å²) in [6.07, 6.45) is -2.59. The topological polar surface area (TPSA) is 88.8 Å². The second-order valence-electron chi connectivity index (χ2n) is 6.16. The molecule has 0 aliphatic rings. The Balaban J connectivity index is 1.87. The molecule has 0 fully saturated rings. The minimum Gasteiger partial charge on any atom is -0.393 e. The molecule has 3 aromatic rings. The lowest BCUT2D eigenvalue weighted by atomic mass is 10.1. The van der Waals surface area contributed by atoms with E-state index in [1.807, 2.05) is 32.0 Å². The Bertz CT molecular complexity index is 1000. The molecule has 10 heteroatoms. The van der Waals surface area contributed by atoms with Crippen LogP contribution in [0.5, 0.6) is 0 Å². The number of anilines is 5. The first kappa shape index (κ1) is 19.7. The van der Waals surface area contributed by atoms with Crippen LogP contribution in [-0.4, -0.2) is 15.0 Å². The number of nitrogen functional groups attached to an aromatic ring is 1. The fourth-order valence-electron chi connectivity index (χ4n) is 2.58. The highest BCUT2D eigenvalue weighted by Crippen LogP contribution is 2.34. The molecule has 4 N–H and O–H groups in total. The van der Waals surface area contributed by atoms with E-state index in [1.54, 1.807) is 0 Å². The van der Waals surface area contributed by atoms with E-state index in [1.165, 1.54) is 6.33 Å². The number of alkyl halides is 3. The summed E-state index contributed by atoms with van der Waals surface area (Å²) < 4.78 is 38.2. The van der Waals surface area contributed by atoms with Crippen LogP contribution in [0.1, 0.15) is 16.7 Å². The molecular formula is C18H16ClF3N6. The third-order valence-corrected chi connectivity index (χ3v) is 4.06. The van der Waals surface area contributed by atoms with Gasteiger partial charge in [0.25, 0.3) is 0 Å². The quantitative estimate of drug-likeness (QED) is 0.547. The zero-order chi connectivity index (χ0) is 20.5. The maximum Gasteiger partial charge on any atom is 0.417 e. The molecule has 146 valence electrons. The van der Waals surface area contributed by atoms with Gasteiger partial charge in [-0.15, -0.1) is 0 Å². The Morgan fingerprint density at radius 2 is 1.50 bits per heavy atom. The van der Waals surface area contributed by atoms with Crippen molar-refractivity contribution in [1.82, 2.24) is 15.0 Å². The van der Waals surface area contributed by atoms with Crippen LogP contribution < -0.4 is 16.4 Å². The van der Waals surface area contributed by atoms with Crippen molar-refractivity contribution in [2.75, 3.05) is 16.4 Å². The van der Waals surface area contributed by atoms with Crippen LogP contribution in [0.2, 0.25) is 5.02 Å². The monoisotopic (exact) mass is 408 g/mol. The van der Waals surface area contributed by atoms with Gasteiger partial charge in [0.1, 0.15) is 17.8 Å². The average molecular weight is 409 g/mol. The van der Waals surface area contributed by atoms with Gasteiger partial charge in [0.2, 0.25) is 0 Å². The molecule has 0 bridgehead atoms. The Morgan fingerprint density at radius 1 is 0.893 bits per heavy atom. The molecule has 2 heterocycles. The molecule has 0 saturated heterocycles. The maximum atomic E-state index is 12.7. The van der Waals surface area contributed by atoms with Crippen molar-refractivity contribution in [1.29, 1.82) is 0 Å². The summed E-state index contributed by atoms with van der Waals surface area (Å²) in [6.45, 7) is 3.93. The van der Waals surface area contributed by atoms with E-state index in [0.29, 0.717) is 12.0 Å². The molecule has 0 amide bonds. The Morgan fingerprint density at radius 3 is 2.07 bits per heavy atom. The second-order valence-corrected chi connectivity index (χ2v) is 6.57. The van der Waals surface area contributed by atoms with Crippen molar-refractivity contribution in [2.45, 2.75) is 20.0 Å². The van der Waals surface area contributed by atoms with Crippen LogP contribution >= 0.6 is 11.6 Å². The Labute approximate surface area is 164 Å². The standard InChI is InChI=1S/C18H16ClF3N6/c1-9-3-10(2)5-12(4-9)27-16-14(23)17(26-8-25-16)28-15-13(19)6-11(7-24-15)18(20,21)22/h3-8H,23H2,1-2H3,(H2,24,25,26,27,28). The lowest BCUT2D eigenvalue weighted by molar-refractivity contribution is -0.137. The Kier molecular flexibility index (Phi) is 5.28. The van der Waals surface area contributed by atoms with E-state index in [-0.39, 0.29) is 22.3 Å². The van der Waals surface area contributed by atoms with Crippen molar-refractivity contribution in [3.05, 3.63) is 58.5 Å². The fraction of sp³-hybridized carbons (Fsp3) is 0.167. The molecule has 0 aliphatic carbocycles.